The molecule has 1 aliphatic heterocycles. The minimum atomic E-state index is -3.05. The van der Waals surface area contributed by atoms with Crippen molar-refractivity contribution in [2.45, 2.75) is 38.5 Å². The number of unbranched alkanes of at least 4 members (excludes halogenated alkanes) is 1. The number of hydrogen-bond acceptors (Lipinski definition) is 2. The average Bonchev–Trinajstić information content (AvgIpc) is 2.97. The van der Waals surface area contributed by atoms with Crippen LogP contribution in [-0.2, 0) is 10.0 Å². The first kappa shape index (κ1) is 15.6. The van der Waals surface area contributed by atoms with Gasteiger partial charge in [0.25, 0.3) is 0 Å². The third-order valence-electron chi connectivity index (χ3n) is 4.66. The fraction of sp³-hybridized carbons (Fsp3) is 0.529. The van der Waals surface area contributed by atoms with Crippen LogP contribution in [0.1, 0.15) is 44.1 Å². The zero-order valence-electron chi connectivity index (χ0n) is 13.1. The molecule has 0 bridgehead atoms. The van der Waals surface area contributed by atoms with Crippen molar-refractivity contribution in [1.29, 1.82) is 0 Å². The van der Waals surface area contributed by atoms with E-state index in [1.165, 1.54) is 10.9 Å². The first-order valence-electron chi connectivity index (χ1n) is 8.15. The monoisotopic (exact) mass is 320 g/mol. The summed E-state index contributed by atoms with van der Waals surface area (Å²) < 4.78 is 26.2. The van der Waals surface area contributed by atoms with Crippen LogP contribution in [0, 0.1) is 0 Å². The summed E-state index contributed by atoms with van der Waals surface area (Å²) in [7, 11) is -3.05. The maximum absolute atomic E-state index is 12.3. The number of hydrogen-bond donors (Lipinski definition) is 1. The first-order chi connectivity index (χ1) is 10.6. The molecule has 1 aromatic carbocycles. The van der Waals surface area contributed by atoms with E-state index in [0.717, 1.165) is 31.2 Å². The van der Waals surface area contributed by atoms with E-state index in [1.54, 1.807) is 4.31 Å². The van der Waals surface area contributed by atoms with Crippen molar-refractivity contribution in [2.24, 2.45) is 0 Å². The molecule has 1 aromatic heterocycles. The zero-order valence-corrected chi connectivity index (χ0v) is 13.9. The fourth-order valence-corrected chi connectivity index (χ4v) is 5.01. The van der Waals surface area contributed by atoms with Crippen LogP contribution in [0.4, 0.5) is 0 Å². The van der Waals surface area contributed by atoms with Gasteiger partial charge in [0.2, 0.25) is 10.0 Å². The van der Waals surface area contributed by atoms with E-state index >= 15 is 0 Å². The van der Waals surface area contributed by atoms with Gasteiger partial charge in [-0.25, -0.2) is 12.7 Å². The third kappa shape index (κ3) is 3.06. The molecule has 0 atom stereocenters. The lowest BCUT2D eigenvalue weighted by Gasteiger charge is -2.31. The number of aromatic nitrogens is 1. The lowest BCUT2D eigenvalue weighted by Crippen LogP contribution is -2.39. The van der Waals surface area contributed by atoms with Crippen LogP contribution in [0.25, 0.3) is 10.9 Å². The zero-order chi connectivity index (χ0) is 15.6. The molecule has 0 unspecified atom stereocenters. The third-order valence-corrected chi connectivity index (χ3v) is 6.62. The van der Waals surface area contributed by atoms with Crippen LogP contribution in [0.5, 0.6) is 0 Å². The Bertz CT molecular complexity index is 728. The molecule has 2 heterocycles. The van der Waals surface area contributed by atoms with Crippen LogP contribution >= 0.6 is 0 Å². The highest BCUT2D eigenvalue weighted by molar-refractivity contribution is 7.89. The van der Waals surface area contributed by atoms with Gasteiger partial charge >= 0.3 is 0 Å². The maximum Gasteiger partial charge on any atom is 0.214 e. The number of H-pyrrole nitrogens is 1. The maximum atomic E-state index is 12.3. The largest absolute Gasteiger partial charge is 0.361 e. The molecule has 120 valence electrons. The van der Waals surface area contributed by atoms with Gasteiger partial charge in [-0.05, 0) is 36.8 Å². The minimum Gasteiger partial charge on any atom is -0.361 e. The van der Waals surface area contributed by atoms with Crippen LogP contribution in [0.3, 0.4) is 0 Å². The smallest absolute Gasteiger partial charge is 0.214 e. The van der Waals surface area contributed by atoms with E-state index in [1.807, 2.05) is 13.0 Å². The van der Waals surface area contributed by atoms with Gasteiger partial charge in [0, 0.05) is 30.2 Å². The number of sulfonamides is 1. The molecule has 0 aliphatic carbocycles. The molecule has 0 spiro atoms. The predicted octanol–water partition coefficient (Wildman–Crippen LogP) is 3.48. The van der Waals surface area contributed by atoms with Crippen molar-refractivity contribution in [1.82, 2.24) is 9.29 Å². The Labute approximate surface area is 132 Å². The Morgan fingerprint density at radius 3 is 2.68 bits per heavy atom. The number of nitrogens with zero attached hydrogens (tertiary/aromatic N) is 1. The standard InChI is InChI=1S/C17H24N2O2S/c1-2-3-12-22(20,21)19-10-8-14(9-11-19)16-13-18-17-7-5-4-6-15(16)17/h4-7,13-14,18H,2-3,8-12H2,1H3. The molecule has 22 heavy (non-hydrogen) atoms. The SMILES string of the molecule is CCCCS(=O)(=O)N1CCC(c2c[nH]c3ccccc23)CC1. The molecule has 1 N–H and O–H groups in total. The van der Waals surface area contributed by atoms with E-state index in [-0.39, 0.29) is 0 Å². The summed E-state index contributed by atoms with van der Waals surface area (Å²) in [6.07, 6.45) is 5.59. The van der Waals surface area contributed by atoms with Gasteiger partial charge in [-0.15, -0.1) is 0 Å². The summed E-state index contributed by atoms with van der Waals surface area (Å²) in [4.78, 5) is 3.32. The average molecular weight is 320 g/mol. The fourth-order valence-electron chi connectivity index (χ4n) is 3.33. The van der Waals surface area contributed by atoms with E-state index in [2.05, 4.69) is 29.4 Å². The molecular formula is C17H24N2O2S. The van der Waals surface area contributed by atoms with Gasteiger partial charge in [-0.1, -0.05) is 31.5 Å². The van der Waals surface area contributed by atoms with Crippen molar-refractivity contribution in [3.8, 4) is 0 Å². The van der Waals surface area contributed by atoms with Crippen LogP contribution in [-0.4, -0.2) is 36.5 Å². The summed E-state index contributed by atoms with van der Waals surface area (Å²) in [5.74, 6) is 0.745. The Morgan fingerprint density at radius 1 is 1.23 bits per heavy atom. The van der Waals surface area contributed by atoms with Crippen molar-refractivity contribution in [2.75, 3.05) is 18.8 Å². The molecule has 1 saturated heterocycles. The van der Waals surface area contributed by atoms with E-state index in [0.29, 0.717) is 24.8 Å². The minimum absolute atomic E-state index is 0.293. The summed E-state index contributed by atoms with van der Waals surface area (Å²) in [5.41, 5.74) is 2.50. The van der Waals surface area contributed by atoms with E-state index in [4.69, 9.17) is 0 Å². The predicted molar refractivity (Wildman–Crippen MR) is 90.5 cm³/mol. The second kappa shape index (κ2) is 6.42. The quantitative estimate of drug-likeness (QED) is 0.917. The van der Waals surface area contributed by atoms with Gasteiger partial charge in [0.1, 0.15) is 0 Å². The number of rotatable bonds is 5. The Morgan fingerprint density at radius 2 is 1.95 bits per heavy atom. The highest BCUT2D eigenvalue weighted by Crippen LogP contribution is 2.33. The second-order valence-corrected chi connectivity index (χ2v) is 8.22. The molecular weight excluding hydrogens is 296 g/mol. The molecule has 3 rings (SSSR count). The molecule has 4 nitrogen and oxygen atoms in total. The highest BCUT2D eigenvalue weighted by Gasteiger charge is 2.29. The second-order valence-electron chi connectivity index (χ2n) is 6.13. The Balaban J connectivity index is 1.69. The molecule has 0 radical (unpaired) electrons. The topological polar surface area (TPSA) is 53.2 Å². The van der Waals surface area contributed by atoms with Gasteiger partial charge < -0.3 is 4.98 Å². The summed E-state index contributed by atoms with van der Waals surface area (Å²) in [6.45, 7) is 3.32. The molecule has 0 amide bonds. The number of aromatic amines is 1. The normalized spacial score (nSPS) is 18.0. The number of fused-ring (bicyclic) bond motifs is 1. The lowest BCUT2D eigenvalue weighted by atomic mass is 9.90. The Kier molecular flexibility index (Phi) is 4.54. The molecule has 5 heteroatoms. The number of para-hydroxylation sites is 1. The number of piperidine rings is 1. The summed E-state index contributed by atoms with van der Waals surface area (Å²) in [6, 6.07) is 8.32. The Hall–Kier alpha value is -1.33. The van der Waals surface area contributed by atoms with Crippen molar-refractivity contribution >= 4 is 20.9 Å². The molecule has 1 aliphatic rings. The van der Waals surface area contributed by atoms with Gasteiger partial charge in [0.15, 0.2) is 0 Å². The van der Waals surface area contributed by atoms with Crippen molar-refractivity contribution in [3.63, 3.8) is 0 Å². The van der Waals surface area contributed by atoms with Crippen molar-refractivity contribution < 1.29 is 8.42 Å². The van der Waals surface area contributed by atoms with Gasteiger partial charge in [0.05, 0.1) is 5.75 Å². The van der Waals surface area contributed by atoms with Crippen molar-refractivity contribution in [3.05, 3.63) is 36.0 Å². The highest BCUT2D eigenvalue weighted by atomic mass is 32.2. The first-order valence-corrected chi connectivity index (χ1v) is 9.76. The van der Waals surface area contributed by atoms with Crippen LogP contribution in [0.2, 0.25) is 0 Å². The molecule has 0 saturated carbocycles. The van der Waals surface area contributed by atoms with Crippen LogP contribution in [0.15, 0.2) is 30.5 Å². The summed E-state index contributed by atoms with van der Waals surface area (Å²) in [5, 5.41) is 1.27. The van der Waals surface area contributed by atoms with Crippen LogP contribution < -0.4 is 0 Å². The van der Waals surface area contributed by atoms with E-state index < -0.39 is 10.0 Å². The number of nitrogens with one attached hydrogen (secondary N) is 1. The molecule has 2 aromatic rings. The van der Waals surface area contributed by atoms with Gasteiger partial charge in [-0.3, -0.25) is 0 Å². The van der Waals surface area contributed by atoms with E-state index in [9.17, 15) is 8.42 Å². The lowest BCUT2D eigenvalue weighted by molar-refractivity contribution is 0.320. The number of benzene rings is 1. The summed E-state index contributed by atoms with van der Waals surface area (Å²) >= 11 is 0. The van der Waals surface area contributed by atoms with Gasteiger partial charge in [-0.2, -0.15) is 0 Å². The molecule has 1 fully saturated rings.